The molecular weight excluding hydrogens is 236 g/mol. The molecule has 19 heavy (non-hydrogen) atoms. The average Bonchev–Trinajstić information content (AvgIpc) is 3.17. The fourth-order valence-corrected chi connectivity index (χ4v) is 5.22. The lowest BCUT2D eigenvalue weighted by molar-refractivity contribution is -0.138. The number of carbonyl (C=O) groups excluding carboxylic acids is 1. The van der Waals surface area contributed by atoms with E-state index >= 15 is 0 Å². The van der Waals surface area contributed by atoms with Crippen LogP contribution in [0.2, 0.25) is 0 Å². The maximum absolute atomic E-state index is 12.5. The van der Waals surface area contributed by atoms with E-state index < -0.39 is 0 Å². The first-order valence-corrected chi connectivity index (χ1v) is 8.30. The van der Waals surface area contributed by atoms with Crippen LogP contribution in [0.1, 0.15) is 44.9 Å². The summed E-state index contributed by atoms with van der Waals surface area (Å²) >= 11 is 0. The molecule has 3 nitrogen and oxygen atoms in total. The highest BCUT2D eigenvalue weighted by molar-refractivity contribution is 5.79. The second-order valence-electron chi connectivity index (χ2n) is 7.48. The third-order valence-electron chi connectivity index (χ3n) is 5.96. The highest BCUT2D eigenvalue weighted by Crippen LogP contribution is 2.56. The molecule has 0 radical (unpaired) electrons. The lowest BCUT2D eigenvalue weighted by Gasteiger charge is -2.53. The van der Waals surface area contributed by atoms with Crippen LogP contribution in [0.25, 0.3) is 0 Å². The van der Waals surface area contributed by atoms with Gasteiger partial charge < -0.3 is 10.6 Å². The van der Waals surface area contributed by atoms with E-state index in [0.717, 1.165) is 31.0 Å². The highest BCUT2D eigenvalue weighted by atomic mass is 16.1. The number of carbonyl (C=O) groups is 1. The average molecular weight is 262 g/mol. The van der Waals surface area contributed by atoms with Gasteiger partial charge in [0.15, 0.2) is 0 Å². The first-order chi connectivity index (χ1) is 9.29. The molecule has 0 unspecified atom stereocenters. The fraction of sp³-hybridized carbons (Fsp3) is 0.938. The molecule has 0 aliphatic heterocycles. The molecule has 3 heteroatoms. The van der Waals surface area contributed by atoms with Gasteiger partial charge in [-0.3, -0.25) is 4.79 Å². The normalized spacial score (nSPS) is 43.5. The van der Waals surface area contributed by atoms with E-state index in [1.54, 1.807) is 0 Å². The van der Waals surface area contributed by atoms with Crippen molar-refractivity contribution in [3.63, 3.8) is 0 Å². The molecule has 0 saturated heterocycles. The number of nitrogens with one attached hydrogen (secondary N) is 2. The maximum atomic E-state index is 12.5. The van der Waals surface area contributed by atoms with E-state index in [1.165, 1.54) is 44.9 Å². The summed E-state index contributed by atoms with van der Waals surface area (Å²) in [4.78, 5) is 12.5. The van der Waals surface area contributed by atoms with Crippen LogP contribution in [0.4, 0.5) is 0 Å². The highest BCUT2D eigenvalue weighted by Gasteiger charge is 2.50. The number of amides is 1. The first kappa shape index (κ1) is 12.2. The van der Waals surface area contributed by atoms with Gasteiger partial charge in [0.25, 0.3) is 0 Å². The molecule has 0 spiro atoms. The van der Waals surface area contributed by atoms with Gasteiger partial charge in [-0.2, -0.15) is 0 Å². The zero-order valence-electron chi connectivity index (χ0n) is 11.7. The van der Waals surface area contributed by atoms with Crippen molar-refractivity contribution in [1.29, 1.82) is 0 Å². The Morgan fingerprint density at radius 1 is 0.895 bits per heavy atom. The molecule has 2 N–H and O–H groups in total. The lowest BCUT2D eigenvalue weighted by Crippen LogP contribution is -2.51. The first-order valence-electron chi connectivity index (χ1n) is 8.30. The molecule has 5 aliphatic rings. The van der Waals surface area contributed by atoms with Crippen molar-refractivity contribution in [3.8, 4) is 0 Å². The lowest BCUT2D eigenvalue weighted by atomic mass is 9.51. The summed E-state index contributed by atoms with van der Waals surface area (Å²) in [6.45, 7) is 1.77. The van der Waals surface area contributed by atoms with E-state index in [2.05, 4.69) is 10.6 Å². The van der Waals surface area contributed by atoms with Crippen molar-refractivity contribution in [2.24, 2.45) is 29.6 Å². The molecule has 0 aromatic rings. The zero-order valence-corrected chi connectivity index (χ0v) is 11.7. The molecule has 0 aromatic carbocycles. The molecule has 0 aromatic heterocycles. The minimum atomic E-state index is 0.355. The van der Waals surface area contributed by atoms with Crippen LogP contribution in [-0.4, -0.2) is 25.0 Å². The van der Waals surface area contributed by atoms with Gasteiger partial charge in [-0.05, 0) is 68.6 Å². The topological polar surface area (TPSA) is 41.1 Å². The molecule has 5 fully saturated rings. The van der Waals surface area contributed by atoms with Crippen molar-refractivity contribution < 1.29 is 4.79 Å². The molecule has 4 bridgehead atoms. The Morgan fingerprint density at radius 3 is 2.11 bits per heavy atom. The van der Waals surface area contributed by atoms with Crippen LogP contribution < -0.4 is 10.6 Å². The predicted molar refractivity (Wildman–Crippen MR) is 74.6 cm³/mol. The summed E-state index contributed by atoms with van der Waals surface area (Å²) in [5.41, 5.74) is 0. The van der Waals surface area contributed by atoms with Gasteiger partial charge >= 0.3 is 0 Å². The standard InChI is InChI=1S/C16H26N2O/c19-16(18-4-3-17-14-1-2-14)15-12-6-10-5-11(8-12)9-13(15)7-10/h10-15,17H,1-9H2,(H,18,19). The molecular formula is C16H26N2O. The van der Waals surface area contributed by atoms with Crippen LogP contribution in [0.3, 0.4) is 0 Å². The van der Waals surface area contributed by atoms with E-state index in [1.807, 2.05) is 0 Å². The molecule has 0 heterocycles. The minimum Gasteiger partial charge on any atom is -0.355 e. The largest absolute Gasteiger partial charge is 0.355 e. The van der Waals surface area contributed by atoms with Crippen LogP contribution >= 0.6 is 0 Å². The molecule has 0 atom stereocenters. The molecule has 5 saturated carbocycles. The van der Waals surface area contributed by atoms with Crippen LogP contribution in [0, 0.1) is 29.6 Å². The Balaban J connectivity index is 1.29. The number of hydrogen-bond acceptors (Lipinski definition) is 2. The summed E-state index contributed by atoms with van der Waals surface area (Å²) in [5, 5.41) is 6.66. The van der Waals surface area contributed by atoms with Crippen LogP contribution in [0.15, 0.2) is 0 Å². The summed E-state index contributed by atoms with van der Waals surface area (Å²) < 4.78 is 0. The quantitative estimate of drug-likeness (QED) is 0.743. The monoisotopic (exact) mass is 262 g/mol. The molecule has 106 valence electrons. The van der Waals surface area contributed by atoms with Gasteiger partial charge in [0, 0.05) is 25.0 Å². The third kappa shape index (κ3) is 2.42. The van der Waals surface area contributed by atoms with Gasteiger partial charge in [-0.25, -0.2) is 0 Å². The summed E-state index contributed by atoms with van der Waals surface area (Å²) in [7, 11) is 0. The van der Waals surface area contributed by atoms with Gasteiger partial charge in [-0.15, -0.1) is 0 Å². The molecule has 5 rings (SSSR count). The Bertz CT molecular complexity index is 336. The summed E-state index contributed by atoms with van der Waals surface area (Å²) in [6.07, 6.45) is 9.47. The smallest absolute Gasteiger partial charge is 0.223 e. The Morgan fingerprint density at radius 2 is 1.53 bits per heavy atom. The van der Waals surface area contributed by atoms with Gasteiger partial charge in [0.2, 0.25) is 5.91 Å². The van der Waals surface area contributed by atoms with Crippen LogP contribution in [-0.2, 0) is 4.79 Å². The zero-order chi connectivity index (χ0) is 12.8. The third-order valence-corrected chi connectivity index (χ3v) is 5.96. The predicted octanol–water partition coefficient (Wildman–Crippen LogP) is 1.93. The van der Waals surface area contributed by atoms with Crippen molar-refractivity contribution in [2.75, 3.05) is 13.1 Å². The summed E-state index contributed by atoms with van der Waals surface area (Å²) in [6, 6.07) is 0.748. The van der Waals surface area contributed by atoms with Crippen molar-refractivity contribution in [3.05, 3.63) is 0 Å². The number of rotatable bonds is 5. The van der Waals surface area contributed by atoms with Gasteiger partial charge in [0.1, 0.15) is 0 Å². The van der Waals surface area contributed by atoms with Crippen molar-refractivity contribution >= 4 is 5.91 Å². The number of hydrogen-bond donors (Lipinski definition) is 2. The Hall–Kier alpha value is -0.570. The maximum Gasteiger partial charge on any atom is 0.223 e. The van der Waals surface area contributed by atoms with Crippen molar-refractivity contribution in [2.45, 2.75) is 51.0 Å². The second-order valence-corrected chi connectivity index (χ2v) is 7.48. The Labute approximate surface area is 115 Å². The van der Waals surface area contributed by atoms with E-state index in [0.29, 0.717) is 23.7 Å². The Kier molecular flexibility index (Phi) is 3.06. The van der Waals surface area contributed by atoms with Gasteiger partial charge in [0.05, 0.1) is 0 Å². The van der Waals surface area contributed by atoms with Crippen LogP contribution in [0.5, 0.6) is 0 Å². The van der Waals surface area contributed by atoms with Crippen molar-refractivity contribution in [1.82, 2.24) is 10.6 Å². The van der Waals surface area contributed by atoms with E-state index in [4.69, 9.17) is 0 Å². The van der Waals surface area contributed by atoms with E-state index in [-0.39, 0.29) is 0 Å². The minimum absolute atomic E-state index is 0.355. The van der Waals surface area contributed by atoms with Gasteiger partial charge in [-0.1, -0.05) is 0 Å². The molecule has 5 aliphatic carbocycles. The van der Waals surface area contributed by atoms with E-state index in [9.17, 15) is 4.79 Å². The molecule has 1 amide bonds. The SMILES string of the molecule is O=C(NCCNC1CC1)C1C2CC3CC(C2)CC1C3. The second kappa shape index (κ2) is 4.76. The summed E-state index contributed by atoms with van der Waals surface area (Å²) in [5.74, 6) is 4.08. The fourth-order valence-electron chi connectivity index (χ4n) is 5.22.